The number of hydrogen-bond donors (Lipinski definition) is 0. The Morgan fingerprint density at radius 1 is 1.21 bits per heavy atom. The molecule has 0 aliphatic carbocycles. The fourth-order valence-electron chi connectivity index (χ4n) is 2.88. The van der Waals surface area contributed by atoms with Gasteiger partial charge in [0, 0.05) is 21.6 Å². The van der Waals surface area contributed by atoms with Crippen molar-refractivity contribution in [2.24, 2.45) is 5.92 Å². The second-order valence-electron chi connectivity index (χ2n) is 6.17. The first-order valence-corrected chi connectivity index (χ1v) is 9.54. The molecule has 128 valence electrons. The van der Waals surface area contributed by atoms with E-state index in [4.69, 9.17) is 0 Å². The van der Waals surface area contributed by atoms with Gasteiger partial charge in [-0.05, 0) is 82.3 Å². The first-order chi connectivity index (χ1) is 11.3. The van der Waals surface area contributed by atoms with Gasteiger partial charge >= 0.3 is 6.18 Å². The maximum Gasteiger partial charge on any atom is 0.416 e. The highest BCUT2D eigenvalue weighted by atomic mass is 127. The summed E-state index contributed by atoms with van der Waals surface area (Å²) in [4.78, 5) is 0.722. The van der Waals surface area contributed by atoms with Crippen LogP contribution >= 0.6 is 34.5 Å². The second-order valence-corrected chi connectivity index (χ2v) is 8.56. The first kappa shape index (κ1) is 18.1. The van der Waals surface area contributed by atoms with Crippen molar-refractivity contribution in [3.05, 3.63) is 62.7 Å². The maximum atomic E-state index is 13.0. The van der Waals surface area contributed by atoms with Gasteiger partial charge in [0.1, 0.15) is 0 Å². The zero-order valence-corrected chi connectivity index (χ0v) is 16.1. The van der Waals surface area contributed by atoms with Crippen LogP contribution < -0.4 is 0 Å². The van der Waals surface area contributed by atoms with E-state index >= 15 is 0 Å². The van der Waals surface area contributed by atoms with E-state index in [1.807, 2.05) is 12.1 Å². The van der Waals surface area contributed by atoms with E-state index in [-0.39, 0.29) is 0 Å². The molecule has 0 aromatic heterocycles. The molecule has 3 rings (SSSR count). The number of rotatable bonds is 2. The summed E-state index contributed by atoms with van der Waals surface area (Å²) in [5.41, 5.74) is 1.61. The topological polar surface area (TPSA) is 3.24 Å². The lowest BCUT2D eigenvalue weighted by molar-refractivity contribution is -0.137. The van der Waals surface area contributed by atoms with Gasteiger partial charge in [0.25, 0.3) is 0 Å². The summed E-state index contributed by atoms with van der Waals surface area (Å²) < 4.78 is 42.3. The van der Waals surface area contributed by atoms with Crippen molar-refractivity contribution < 1.29 is 13.2 Å². The Morgan fingerprint density at radius 3 is 2.71 bits per heavy atom. The van der Waals surface area contributed by atoms with Crippen LogP contribution in [0.4, 0.5) is 13.2 Å². The van der Waals surface area contributed by atoms with Crippen LogP contribution in [0.25, 0.3) is 0 Å². The maximum absolute atomic E-state index is 13.0. The lowest BCUT2D eigenvalue weighted by atomic mass is 10.00. The highest BCUT2D eigenvalue weighted by molar-refractivity contribution is 14.1. The normalized spacial score (nSPS) is 19.0. The van der Waals surface area contributed by atoms with Crippen molar-refractivity contribution in [1.82, 2.24) is 4.31 Å². The van der Waals surface area contributed by atoms with E-state index in [9.17, 15) is 13.2 Å². The molecule has 1 nitrogen and oxygen atoms in total. The Hall–Kier alpha value is -0.730. The third-order valence-corrected chi connectivity index (χ3v) is 5.74. The summed E-state index contributed by atoms with van der Waals surface area (Å²) in [6, 6.07) is 12.3. The molecular formula is C18H17F3INS. The van der Waals surface area contributed by atoms with Crippen molar-refractivity contribution in [3.63, 3.8) is 0 Å². The third-order valence-electron chi connectivity index (χ3n) is 3.95. The summed E-state index contributed by atoms with van der Waals surface area (Å²) in [5.74, 6) is 0.401. The van der Waals surface area contributed by atoms with E-state index in [0.717, 1.165) is 33.5 Å². The van der Waals surface area contributed by atoms with Gasteiger partial charge in [0.05, 0.1) is 5.56 Å². The number of halogens is 4. The van der Waals surface area contributed by atoms with E-state index in [0.29, 0.717) is 5.92 Å². The number of benzene rings is 2. The number of nitrogens with zero attached hydrogens (tertiary/aromatic N) is 1. The van der Waals surface area contributed by atoms with Gasteiger partial charge in [0.2, 0.25) is 0 Å². The molecule has 1 atom stereocenters. The average Bonchev–Trinajstić information content (AvgIpc) is 2.62. The van der Waals surface area contributed by atoms with Crippen LogP contribution in [0.2, 0.25) is 0 Å². The van der Waals surface area contributed by atoms with E-state index in [1.165, 1.54) is 29.6 Å². The molecule has 0 bridgehead atoms. The Kier molecular flexibility index (Phi) is 5.46. The Balaban J connectivity index is 1.86. The van der Waals surface area contributed by atoms with Gasteiger partial charge in [-0.15, -0.1) is 0 Å². The summed E-state index contributed by atoms with van der Waals surface area (Å²) >= 11 is 3.72. The van der Waals surface area contributed by atoms with Gasteiger partial charge in [-0.2, -0.15) is 13.2 Å². The minimum Gasteiger partial charge on any atom is -0.242 e. The van der Waals surface area contributed by atoms with Crippen molar-refractivity contribution in [1.29, 1.82) is 0 Å². The largest absolute Gasteiger partial charge is 0.416 e. The molecule has 1 aliphatic heterocycles. The second kappa shape index (κ2) is 7.25. The fraction of sp³-hybridized carbons (Fsp3) is 0.333. The van der Waals surface area contributed by atoms with Crippen LogP contribution in [0.3, 0.4) is 0 Å². The first-order valence-electron chi connectivity index (χ1n) is 7.69. The van der Waals surface area contributed by atoms with Crippen molar-refractivity contribution in [3.8, 4) is 0 Å². The minimum atomic E-state index is -4.30. The van der Waals surface area contributed by atoms with Crippen LogP contribution in [0.1, 0.15) is 23.6 Å². The summed E-state index contributed by atoms with van der Waals surface area (Å²) in [6.45, 7) is 3.72. The SMILES string of the molecule is C[C@H]1Cc2ccc(C(F)(F)F)cc2SN(Cc2cccc(I)c2)C1. The standard InChI is InChI=1S/C18H17F3INS/c1-12-7-14-5-6-15(18(19,20)21)9-17(14)24-23(10-12)11-13-3-2-4-16(22)8-13/h2-6,8-9,12H,7,10-11H2,1H3/t12-/m0/s1. The predicted molar refractivity (Wildman–Crippen MR) is 99.7 cm³/mol. The highest BCUT2D eigenvalue weighted by Crippen LogP contribution is 2.38. The highest BCUT2D eigenvalue weighted by Gasteiger charge is 2.32. The van der Waals surface area contributed by atoms with E-state index < -0.39 is 11.7 Å². The van der Waals surface area contributed by atoms with Gasteiger partial charge in [-0.3, -0.25) is 0 Å². The molecule has 0 spiro atoms. The number of fused-ring (bicyclic) bond motifs is 1. The van der Waals surface area contributed by atoms with Crippen molar-refractivity contribution in [2.45, 2.75) is 31.0 Å². The summed E-state index contributed by atoms with van der Waals surface area (Å²) in [6.07, 6.45) is -3.49. The molecular weight excluding hydrogens is 446 g/mol. The van der Waals surface area contributed by atoms with Gasteiger partial charge in [0.15, 0.2) is 0 Å². The quantitative estimate of drug-likeness (QED) is 0.397. The van der Waals surface area contributed by atoms with Gasteiger partial charge < -0.3 is 0 Å². The molecule has 0 unspecified atom stereocenters. The number of alkyl halides is 3. The molecule has 0 saturated heterocycles. The monoisotopic (exact) mass is 463 g/mol. The van der Waals surface area contributed by atoms with Crippen molar-refractivity contribution >= 4 is 34.5 Å². The third kappa shape index (κ3) is 4.46. The van der Waals surface area contributed by atoms with Gasteiger partial charge in [-0.25, -0.2) is 4.31 Å². The lowest BCUT2D eigenvalue weighted by Gasteiger charge is -2.21. The molecule has 6 heteroatoms. The van der Waals surface area contributed by atoms with Crippen LogP contribution in [-0.4, -0.2) is 10.8 Å². The number of hydrogen-bond acceptors (Lipinski definition) is 2. The molecule has 0 fully saturated rings. The lowest BCUT2D eigenvalue weighted by Crippen LogP contribution is -2.20. The fourth-order valence-corrected chi connectivity index (χ4v) is 4.76. The van der Waals surface area contributed by atoms with Crippen LogP contribution in [-0.2, 0) is 19.1 Å². The smallest absolute Gasteiger partial charge is 0.242 e. The summed E-state index contributed by atoms with van der Waals surface area (Å²) in [7, 11) is 0. The Bertz CT molecular complexity index is 732. The van der Waals surface area contributed by atoms with Crippen LogP contribution in [0, 0.1) is 9.49 Å². The zero-order chi connectivity index (χ0) is 17.3. The molecule has 0 N–H and O–H groups in total. The minimum absolute atomic E-state index is 0.401. The van der Waals surface area contributed by atoms with Gasteiger partial charge in [-0.1, -0.05) is 25.1 Å². The summed E-state index contributed by atoms with van der Waals surface area (Å²) in [5, 5.41) is 0. The zero-order valence-electron chi connectivity index (χ0n) is 13.1. The molecule has 2 aromatic carbocycles. The predicted octanol–water partition coefficient (Wildman–Crippen LogP) is 6.01. The molecule has 0 radical (unpaired) electrons. The Labute approximate surface area is 157 Å². The van der Waals surface area contributed by atoms with Crippen LogP contribution in [0.5, 0.6) is 0 Å². The molecule has 0 amide bonds. The molecule has 24 heavy (non-hydrogen) atoms. The average molecular weight is 463 g/mol. The van der Waals surface area contributed by atoms with E-state index in [2.05, 4.69) is 46.0 Å². The Morgan fingerprint density at radius 2 is 2.00 bits per heavy atom. The van der Waals surface area contributed by atoms with Crippen molar-refractivity contribution in [2.75, 3.05) is 6.54 Å². The van der Waals surface area contributed by atoms with Crippen LogP contribution in [0.15, 0.2) is 47.4 Å². The molecule has 0 saturated carbocycles. The molecule has 1 aliphatic rings. The molecule has 1 heterocycles. The van der Waals surface area contributed by atoms with E-state index in [1.54, 1.807) is 6.07 Å². The molecule has 2 aromatic rings.